The standard InChI is InChI=1S/C24H31N3O2/c28-24(23-15-21-11-14-27(23)18-21)29-22(9-1-5-19-7-3-12-25-16-19)10-2-6-20-8-4-13-26-17-20/h3-4,7-8,12-13,16-17,21-23H,1-2,5-6,9-11,14-15,18H2. The number of esters is 1. The number of rotatable bonds is 10. The molecule has 29 heavy (non-hydrogen) atoms. The number of ether oxygens (including phenoxy) is 1. The molecule has 0 aromatic carbocycles. The summed E-state index contributed by atoms with van der Waals surface area (Å²) in [5, 5.41) is 0. The molecule has 2 aliphatic rings. The lowest BCUT2D eigenvalue weighted by Gasteiger charge is -2.26. The second-order valence-electron chi connectivity index (χ2n) is 8.47. The Morgan fingerprint density at radius 2 is 1.72 bits per heavy atom. The highest BCUT2D eigenvalue weighted by atomic mass is 16.5. The van der Waals surface area contributed by atoms with E-state index in [1.165, 1.54) is 17.5 Å². The molecule has 0 saturated carbocycles. The Morgan fingerprint density at radius 1 is 1.07 bits per heavy atom. The van der Waals surface area contributed by atoms with Gasteiger partial charge in [-0.05, 0) is 87.1 Å². The molecule has 2 aromatic heterocycles. The first-order chi connectivity index (χ1) is 14.3. The fraction of sp³-hybridized carbons (Fsp3) is 0.542. The third kappa shape index (κ3) is 5.63. The highest BCUT2D eigenvalue weighted by Gasteiger charge is 2.42. The maximum atomic E-state index is 12.8. The molecule has 4 rings (SSSR count). The van der Waals surface area contributed by atoms with E-state index < -0.39 is 0 Å². The second-order valence-corrected chi connectivity index (χ2v) is 8.47. The van der Waals surface area contributed by atoms with Crippen LogP contribution in [0.2, 0.25) is 0 Å². The molecule has 0 N–H and O–H groups in total. The van der Waals surface area contributed by atoms with Crippen LogP contribution in [0.5, 0.6) is 0 Å². The van der Waals surface area contributed by atoms with Crippen LogP contribution in [0.1, 0.15) is 49.7 Å². The molecule has 4 heterocycles. The zero-order valence-electron chi connectivity index (χ0n) is 17.1. The van der Waals surface area contributed by atoms with E-state index >= 15 is 0 Å². The number of fused-ring (bicyclic) bond motifs is 2. The molecule has 0 aliphatic carbocycles. The average Bonchev–Trinajstić information content (AvgIpc) is 3.39. The lowest BCUT2D eigenvalue weighted by molar-refractivity contribution is -0.155. The molecule has 5 heteroatoms. The predicted molar refractivity (Wildman–Crippen MR) is 112 cm³/mol. The smallest absolute Gasteiger partial charge is 0.323 e. The number of hydrogen-bond donors (Lipinski definition) is 0. The number of carbonyl (C=O) groups is 1. The van der Waals surface area contributed by atoms with Crippen LogP contribution in [-0.4, -0.2) is 46.1 Å². The summed E-state index contributed by atoms with van der Waals surface area (Å²) < 4.78 is 6.05. The maximum Gasteiger partial charge on any atom is 0.323 e. The van der Waals surface area contributed by atoms with Crippen LogP contribution in [0.25, 0.3) is 0 Å². The Kier molecular flexibility index (Phi) is 6.88. The van der Waals surface area contributed by atoms with Crippen molar-refractivity contribution < 1.29 is 9.53 Å². The van der Waals surface area contributed by atoms with Crippen LogP contribution >= 0.6 is 0 Å². The zero-order valence-corrected chi connectivity index (χ0v) is 17.1. The summed E-state index contributed by atoms with van der Waals surface area (Å²) in [6.45, 7) is 2.13. The van der Waals surface area contributed by atoms with Gasteiger partial charge in [-0.2, -0.15) is 0 Å². The molecule has 3 atom stereocenters. The first-order valence-corrected chi connectivity index (χ1v) is 11.0. The van der Waals surface area contributed by atoms with Crippen molar-refractivity contribution in [3.63, 3.8) is 0 Å². The quantitative estimate of drug-likeness (QED) is 0.574. The van der Waals surface area contributed by atoms with Crippen LogP contribution in [0.15, 0.2) is 49.1 Å². The highest BCUT2D eigenvalue weighted by Crippen LogP contribution is 2.33. The van der Waals surface area contributed by atoms with Crippen molar-refractivity contribution in [2.45, 2.75) is 63.5 Å². The van der Waals surface area contributed by atoms with E-state index in [0.717, 1.165) is 58.0 Å². The molecule has 2 bridgehead atoms. The van der Waals surface area contributed by atoms with Crippen molar-refractivity contribution in [2.75, 3.05) is 13.1 Å². The fourth-order valence-corrected chi connectivity index (χ4v) is 4.71. The summed E-state index contributed by atoms with van der Waals surface area (Å²) in [4.78, 5) is 23.5. The van der Waals surface area contributed by atoms with Gasteiger partial charge >= 0.3 is 5.97 Å². The molecular formula is C24H31N3O2. The molecule has 0 amide bonds. The number of carbonyl (C=O) groups excluding carboxylic acids is 1. The van der Waals surface area contributed by atoms with Gasteiger partial charge in [-0.15, -0.1) is 0 Å². The molecule has 154 valence electrons. The van der Waals surface area contributed by atoms with Gasteiger partial charge in [0.05, 0.1) is 0 Å². The molecule has 2 aromatic rings. The van der Waals surface area contributed by atoms with Crippen molar-refractivity contribution in [1.82, 2.24) is 14.9 Å². The largest absolute Gasteiger partial charge is 0.461 e. The first-order valence-electron chi connectivity index (χ1n) is 11.0. The molecular weight excluding hydrogens is 362 g/mol. The van der Waals surface area contributed by atoms with Gasteiger partial charge in [0.2, 0.25) is 0 Å². The lowest BCUT2D eigenvalue weighted by atomic mass is 10.00. The topological polar surface area (TPSA) is 55.3 Å². The zero-order chi connectivity index (χ0) is 19.9. The van der Waals surface area contributed by atoms with Gasteiger partial charge in [-0.25, -0.2) is 0 Å². The SMILES string of the molecule is O=C(OC(CCCc1cccnc1)CCCc1cccnc1)C1CC2CCN1C2. The van der Waals surface area contributed by atoms with Gasteiger partial charge < -0.3 is 4.74 Å². The van der Waals surface area contributed by atoms with E-state index in [1.54, 1.807) is 12.4 Å². The molecule has 0 radical (unpaired) electrons. The fourth-order valence-electron chi connectivity index (χ4n) is 4.71. The minimum atomic E-state index is -0.00658. The number of nitrogens with zero attached hydrogens (tertiary/aromatic N) is 3. The van der Waals surface area contributed by atoms with E-state index in [9.17, 15) is 4.79 Å². The van der Waals surface area contributed by atoms with Gasteiger partial charge in [0.25, 0.3) is 0 Å². The van der Waals surface area contributed by atoms with Crippen LogP contribution in [0.4, 0.5) is 0 Å². The number of aryl methyl sites for hydroxylation is 2. The van der Waals surface area contributed by atoms with Crippen LogP contribution in [-0.2, 0) is 22.4 Å². The normalized spacial score (nSPS) is 22.9. The van der Waals surface area contributed by atoms with E-state index in [1.807, 2.05) is 24.5 Å². The Morgan fingerprint density at radius 3 is 2.21 bits per heavy atom. The van der Waals surface area contributed by atoms with Crippen molar-refractivity contribution in [1.29, 1.82) is 0 Å². The Balaban J connectivity index is 1.29. The maximum absolute atomic E-state index is 12.8. The Bertz CT molecular complexity index is 723. The van der Waals surface area contributed by atoms with Crippen molar-refractivity contribution >= 4 is 5.97 Å². The van der Waals surface area contributed by atoms with E-state index in [-0.39, 0.29) is 18.1 Å². The number of piperidine rings is 1. The van der Waals surface area contributed by atoms with Gasteiger partial charge in [0.15, 0.2) is 0 Å². The second kappa shape index (κ2) is 9.97. The number of pyridine rings is 2. The minimum Gasteiger partial charge on any atom is -0.461 e. The van der Waals surface area contributed by atoms with Gasteiger partial charge in [-0.1, -0.05) is 12.1 Å². The number of aromatic nitrogens is 2. The third-order valence-corrected chi connectivity index (χ3v) is 6.30. The average molecular weight is 394 g/mol. The van der Waals surface area contributed by atoms with Crippen molar-refractivity contribution in [3.05, 3.63) is 60.2 Å². The highest BCUT2D eigenvalue weighted by molar-refractivity contribution is 5.76. The van der Waals surface area contributed by atoms with Crippen LogP contribution < -0.4 is 0 Å². The molecule has 2 saturated heterocycles. The first kappa shape index (κ1) is 20.0. The van der Waals surface area contributed by atoms with E-state index in [0.29, 0.717) is 5.92 Å². The van der Waals surface area contributed by atoms with Crippen molar-refractivity contribution in [3.8, 4) is 0 Å². The Hall–Kier alpha value is -2.27. The summed E-state index contributed by atoms with van der Waals surface area (Å²) in [7, 11) is 0. The summed E-state index contributed by atoms with van der Waals surface area (Å²) in [6, 6.07) is 8.17. The minimum absolute atomic E-state index is 0.0000412. The van der Waals surface area contributed by atoms with E-state index in [4.69, 9.17) is 4.74 Å². The lowest BCUT2D eigenvalue weighted by Crippen LogP contribution is -2.39. The monoisotopic (exact) mass is 393 g/mol. The summed E-state index contributed by atoms with van der Waals surface area (Å²) in [5.74, 6) is 0.696. The molecule has 2 aliphatic heterocycles. The van der Waals surface area contributed by atoms with Crippen LogP contribution in [0.3, 0.4) is 0 Å². The molecule has 3 unspecified atom stereocenters. The van der Waals surface area contributed by atoms with Gasteiger partial charge in [0.1, 0.15) is 12.1 Å². The van der Waals surface area contributed by atoms with Gasteiger partial charge in [-0.3, -0.25) is 19.7 Å². The Labute approximate surface area is 173 Å². The molecule has 0 spiro atoms. The molecule has 2 fully saturated rings. The third-order valence-electron chi connectivity index (χ3n) is 6.30. The van der Waals surface area contributed by atoms with Crippen LogP contribution in [0, 0.1) is 5.92 Å². The van der Waals surface area contributed by atoms with Gasteiger partial charge in [0, 0.05) is 31.3 Å². The number of hydrogen-bond acceptors (Lipinski definition) is 5. The summed E-state index contributed by atoms with van der Waals surface area (Å²) in [5.41, 5.74) is 2.49. The predicted octanol–water partition coefficient (Wildman–Crippen LogP) is 3.83. The summed E-state index contributed by atoms with van der Waals surface area (Å²) in [6.07, 6.45) is 15.4. The summed E-state index contributed by atoms with van der Waals surface area (Å²) >= 11 is 0. The molecule has 5 nitrogen and oxygen atoms in total. The van der Waals surface area contributed by atoms with E-state index in [2.05, 4.69) is 27.0 Å². The van der Waals surface area contributed by atoms with Crippen molar-refractivity contribution in [2.24, 2.45) is 5.92 Å².